The van der Waals surface area contributed by atoms with Gasteiger partial charge in [0, 0.05) is 4.91 Å². The Morgan fingerprint density at radius 3 is 1.86 bits per heavy atom. The van der Waals surface area contributed by atoms with Gasteiger partial charge in [-0.05, 0) is 24.8 Å². The van der Waals surface area contributed by atoms with E-state index in [2.05, 4.69) is 13.2 Å². The molecule has 0 radical (unpaired) electrons. The van der Waals surface area contributed by atoms with E-state index in [1.165, 1.54) is 12.2 Å². The molecule has 0 aliphatic carbocycles. The molecular weight excluding hydrogens is 209 g/mol. The highest BCUT2D eigenvalue weighted by molar-refractivity contribution is 8.04. The van der Waals surface area contributed by atoms with E-state index < -0.39 is 5.51 Å². The molecule has 0 bridgehead atoms. The lowest BCUT2D eigenvalue weighted by Crippen LogP contribution is -1.98. The van der Waals surface area contributed by atoms with Crippen LogP contribution in [0.3, 0.4) is 0 Å². The second-order valence-electron chi connectivity index (χ2n) is 2.19. The number of thioether (sulfide) groups is 1. The van der Waals surface area contributed by atoms with Crippen molar-refractivity contribution in [2.24, 2.45) is 0 Å². The molecule has 4 heteroatoms. The molecule has 14 heavy (non-hydrogen) atoms. The molecule has 0 aliphatic heterocycles. The molecular formula is C10H15F3S. The predicted octanol–water partition coefficient (Wildman–Crippen LogP) is 4.91. The van der Waals surface area contributed by atoms with Crippen molar-refractivity contribution in [3.63, 3.8) is 0 Å². The number of hydrogen-bond donors (Lipinski definition) is 0. The third-order valence-electron chi connectivity index (χ3n) is 0.801. The molecule has 0 aromatic carbocycles. The van der Waals surface area contributed by atoms with Gasteiger partial charge in [0.1, 0.15) is 0 Å². The second kappa shape index (κ2) is 7.74. The number of halogens is 3. The van der Waals surface area contributed by atoms with E-state index in [0.717, 1.165) is 0 Å². The highest BCUT2D eigenvalue weighted by atomic mass is 32.2. The van der Waals surface area contributed by atoms with Crippen molar-refractivity contribution in [3.8, 4) is 0 Å². The van der Waals surface area contributed by atoms with E-state index in [-0.39, 0.29) is 16.7 Å². The molecule has 0 unspecified atom stereocenters. The zero-order valence-electron chi connectivity index (χ0n) is 8.61. The Morgan fingerprint density at radius 1 is 1.14 bits per heavy atom. The van der Waals surface area contributed by atoms with Crippen LogP contribution in [0.1, 0.15) is 20.8 Å². The van der Waals surface area contributed by atoms with Crippen molar-refractivity contribution in [1.29, 1.82) is 0 Å². The van der Waals surface area contributed by atoms with Crippen molar-refractivity contribution in [1.82, 2.24) is 0 Å². The molecule has 0 saturated carbocycles. The molecule has 0 heterocycles. The van der Waals surface area contributed by atoms with Crippen LogP contribution in [0.4, 0.5) is 13.2 Å². The summed E-state index contributed by atoms with van der Waals surface area (Å²) in [6.07, 6.45) is 2.78. The third kappa shape index (κ3) is 13.9. The van der Waals surface area contributed by atoms with Gasteiger partial charge in [-0.3, -0.25) is 0 Å². The summed E-state index contributed by atoms with van der Waals surface area (Å²) in [5, 5.41) is 0. The lowest BCUT2D eigenvalue weighted by atomic mass is 10.3. The van der Waals surface area contributed by atoms with Gasteiger partial charge in [-0.25, -0.2) is 0 Å². The molecule has 0 nitrogen and oxygen atoms in total. The zero-order valence-corrected chi connectivity index (χ0v) is 9.43. The number of rotatable bonds is 3. The van der Waals surface area contributed by atoms with Crippen molar-refractivity contribution < 1.29 is 13.2 Å². The summed E-state index contributed by atoms with van der Waals surface area (Å²) < 4.78 is 35.0. The smallest absolute Gasteiger partial charge is 0.160 e. The van der Waals surface area contributed by atoms with Gasteiger partial charge in [-0.15, -0.1) is 0 Å². The highest BCUT2D eigenvalue weighted by Gasteiger charge is 2.28. The van der Waals surface area contributed by atoms with Crippen LogP contribution in [0, 0.1) is 0 Å². The Kier molecular flexibility index (Phi) is 8.74. The van der Waals surface area contributed by atoms with Gasteiger partial charge in [0.2, 0.25) is 0 Å². The monoisotopic (exact) mass is 224 g/mol. The lowest BCUT2D eigenvalue weighted by molar-refractivity contribution is -0.0321. The molecule has 0 amide bonds. The molecule has 0 spiro atoms. The zero-order chi connectivity index (χ0) is 11.8. The Morgan fingerprint density at radius 2 is 1.57 bits per heavy atom. The fourth-order valence-electron chi connectivity index (χ4n) is 0.418. The number of alkyl halides is 3. The van der Waals surface area contributed by atoms with Gasteiger partial charge in [0.05, 0.1) is 0 Å². The van der Waals surface area contributed by atoms with E-state index in [9.17, 15) is 13.2 Å². The standard InChI is InChI=1S/C8H9F3S.C2H6/c1-6(2)4-5-7(3)12-8(9,10)11;1-2/h4-5H,1,3H2,2H3;1-2H3/b5-4-;. The maximum Gasteiger partial charge on any atom is 0.446 e. The van der Waals surface area contributed by atoms with E-state index in [4.69, 9.17) is 0 Å². The predicted molar refractivity (Wildman–Crippen MR) is 58.1 cm³/mol. The SMILES string of the molecule is C=C(C)/C=C\C(=C)SC(F)(F)F.CC. The molecule has 0 aliphatic rings. The molecule has 0 saturated heterocycles. The lowest BCUT2D eigenvalue weighted by Gasteiger charge is -2.03. The van der Waals surface area contributed by atoms with E-state index in [0.29, 0.717) is 5.57 Å². The van der Waals surface area contributed by atoms with Gasteiger partial charge < -0.3 is 0 Å². The van der Waals surface area contributed by atoms with Crippen LogP contribution in [0.25, 0.3) is 0 Å². The van der Waals surface area contributed by atoms with Crippen LogP contribution < -0.4 is 0 Å². The first kappa shape index (κ1) is 15.8. The van der Waals surface area contributed by atoms with Gasteiger partial charge in [-0.1, -0.05) is 38.7 Å². The average Bonchev–Trinajstić information content (AvgIpc) is 2.02. The fraction of sp³-hybridized carbons (Fsp3) is 0.400. The van der Waals surface area contributed by atoms with Crippen LogP contribution in [0.15, 0.2) is 35.8 Å². The normalized spacial score (nSPS) is 10.7. The van der Waals surface area contributed by atoms with Crippen LogP contribution in [-0.2, 0) is 0 Å². The first-order chi connectivity index (χ1) is 6.31. The van der Waals surface area contributed by atoms with Crippen LogP contribution >= 0.6 is 11.8 Å². The summed E-state index contributed by atoms with van der Waals surface area (Å²) in [5.74, 6) is 0. The van der Waals surface area contributed by atoms with Crippen LogP contribution in [-0.4, -0.2) is 5.51 Å². The molecule has 0 N–H and O–H groups in total. The van der Waals surface area contributed by atoms with E-state index in [1.54, 1.807) is 6.92 Å². The molecule has 0 rings (SSSR count). The molecule has 0 atom stereocenters. The first-order valence-corrected chi connectivity index (χ1v) is 4.91. The van der Waals surface area contributed by atoms with Crippen molar-refractivity contribution >= 4 is 11.8 Å². The summed E-state index contributed by atoms with van der Waals surface area (Å²) in [5.41, 5.74) is -3.56. The topological polar surface area (TPSA) is 0 Å². The highest BCUT2D eigenvalue weighted by Crippen LogP contribution is 2.35. The van der Waals surface area contributed by atoms with Crippen LogP contribution in [0.2, 0.25) is 0 Å². The Labute approximate surface area is 87.6 Å². The van der Waals surface area contributed by atoms with Crippen molar-refractivity contribution in [2.45, 2.75) is 26.3 Å². The van der Waals surface area contributed by atoms with Gasteiger partial charge in [0.15, 0.2) is 0 Å². The van der Waals surface area contributed by atoms with Gasteiger partial charge >= 0.3 is 5.51 Å². The van der Waals surface area contributed by atoms with E-state index in [1.807, 2.05) is 13.8 Å². The summed E-state index contributed by atoms with van der Waals surface area (Å²) in [6.45, 7) is 12.4. The minimum atomic E-state index is -4.25. The van der Waals surface area contributed by atoms with Gasteiger partial charge in [0.25, 0.3) is 0 Å². The van der Waals surface area contributed by atoms with Crippen molar-refractivity contribution in [2.75, 3.05) is 0 Å². The Balaban J connectivity index is 0. The van der Waals surface area contributed by atoms with Crippen molar-refractivity contribution in [3.05, 3.63) is 35.8 Å². The molecule has 0 aromatic heterocycles. The average molecular weight is 224 g/mol. The Bertz CT molecular complexity index is 214. The van der Waals surface area contributed by atoms with Crippen LogP contribution in [0.5, 0.6) is 0 Å². The summed E-state index contributed by atoms with van der Waals surface area (Å²) >= 11 is -0.224. The quantitative estimate of drug-likeness (QED) is 0.614. The largest absolute Gasteiger partial charge is 0.446 e. The molecule has 0 fully saturated rings. The van der Waals surface area contributed by atoms with E-state index >= 15 is 0 Å². The summed E-state index contributed by atoms with van der Waals surface area (Å²) in [6, 6.07) is 0. The first-order valence-electron chi connectivity index (χ1n) is 4.09. The van der Waals surface area contributed by atoms with Gasteiger partial charge in [-0.2, -0.15) is 13.2 Å². The number of hydrogen-bond acceptors (Lipinski definition) is 1. The second-order valence-corrected chi connectivity index (χ2v) is 3.39. The molecule has 0 aromatic rings. The molecule has 82 valence electrons. The maximum absolute atomic E-state index is 11.7. The number of allylic oxidation sites excluding steroid dienone is 3. The summed E-state index contributed by atoms with van der Waals surface area (Å²) in [7, 11) is 0. The maximum atomic E-state index is 11.7. The minimum absolute atomic E-state index is 0.0366. The Hall–Kier alpha value is -0.640. The third-order valence-corrected chi connectivity index (χ3v) is 1.43. The summed E-state index contributed by atoms with van der Waals surface area (Å²) in [4.78, 5) is -0.0366. The fourth-order valence-corrected chi connectivity index (χ4v) is 0.851. The minimum Gasteiger partial charge on any atom is -0.160 e.